The number of fused-ring (bicyclic) bond motifs is 2. The van der Waals surface area contributed by atoms with E-state index in [4.69, 9.17) is 9.72 Å². The van der Waals surface area contributed by atoms with E-state index in [1.54, 1.807) is 7.11 Å². The van der Waals surface area contributed by atoms with E-state index in [0.717, 1.165) is 29.9 Å². The number of rotatable bonds is 2. The first-order chi connectivity index (χ1) is 8.35. The van der Waals surface area contributed by atoms with Crippen molar-refractivity contribution < 1.29 is 4.74 Å². The molecule has 0 N–H and O–H groups in total. The molecule has 0 saturated carbocycles. The summed E-state index contributed by atoms with van der Waals surface area (Å²) in [5.41, 5.74) is 4.98. The molecule has 3 rings (SSSR count). The molecule has 1 aromatic heterocycles. The van der Waals surface area contributed by atoms with E-state index in [0.29, 0.717) is 0 Å². The zero-order valence-electron chi connectivity index (χ0n) is 9.86. The first-order valence-electron chi connectivity index (χ1n) is 5.93. The van der Waals surface area contributed by atoms with Crippen LogP contribution in [0, 0.1) is 0 Å². The molecule has 0 amide bonds. The summed E-state index contributed by atoms with van der Waals surface area (Å²) in [6, 6.07) is 6.12. The molecule has 1 aromatic carbocycles. The largest absolute Gasteiger partial charge is 0.494 e. The molecule has 0 saturated heterocycles. The van der Waals surface area contributed by atoms with Crippen LogP contribution in [-0.2, 0) is 18.6 Å². The molecule has 17 heavy (non-hydrogen) atoms. The van der Waals surface area contributed by atoms with Gasteiger partial charge < -0.3 is 4.74 Å². The molecule has 0 fully saturated rings. The van der Waals surface area contributed by atoms with E-state index in [1.165, 1.54) is 28.6 Å². The molecular formula is C14H15NOS. The first-order valence-corrected chi connectivity index (χ1v) is 6.56. The van der Waals surface area contributed by atoms with Crippen LogP contribution in [0.15, 0.2) is 18.2 Å². The number of pyridine rings is 1. The predicted molar refractivity (Wildman–Crippen MR) is 73.0 cm³/mol. The average molecular weight is 245 g/mol. The molecule has 0 unspecified atom stereocenters. The van der Waals surface area contributed by atoms with Crippen LogP contribution in [0.2, 0.25) is 0 Å². The number of hydrogen-bond donors (Lipinski definition) is 1. The van der Waals surface area contributed by atoms with Crippen LogP contribution in [0.25, 0.3) is 10.9 Å². The fourth-order valence-corrected chi connectivity index (χ4v) is 3.06. The van der Waals surface area contributed by atoms with Crippen LogP contribution < -0.4 is 4.74 Å². The van der Waals surface area contributed by atoms with Crippen LogP contribution in [0.4, 0.5) is 0 Å². The molecule has 1 heterocycles. The lowest BCUT2D eigenvalue weighted by atomic mass is 10.0. The van der Waals surface area contributed by atoms with Crippen molar-refractivity contribution >= 4 is 23.5 Å². The highest BCUT2D eigenvalue weighted by Gasteiger charge is 2.19. The molecule has 3 heteroatoms. The van der Waals surface area contributed by atoms with Gasteiger partial charge in [0.25, 0.3) is 0 Å². The third-order valence-electron chi connectivity index (χ3n) is 3.50. The van der Waals surface area contributed by atoms with Gasteiger partial charge in [-0.1, -0.05) is 12.1 Å². The molecule has 0 bridgehead atoms. The van der Waals surface area contributed by atoms with Crippen LogP contribution >= 0.6 is 12.6 Å². The highest BCUT2D eigenvalue weighted by molar-refractivity contribution is 7.79. The Balaban J connectivity index is 2.40. The maximum absolute atomic E-state index is 5.40. The summed E-state index contributed by atoms with van der Waals surface area (Å²) in [7, 11) is 1.70. The second-order valence-electron chi connectivity index (χ2n) is 4.38. The van der Waals surface area contributed by atoms with Gasteiger partial charge in [0.15, 0.2) is 0 Å². The van der Waals surface area contributed by atoms with Gasteiger partial charge in [-0.3, -0.25) is 0 Å². The number of aryl methyl sites for hydroxylation is 1. The van der Waals surface area contributed by atoms with Gasteiger partial charge in [0.1, 0.15) is 11.3 Å². The zero-order valence-corrected chi connectivity index (χ0v) is 10.8. The van der Waals surface area contributed by atoms with E-state index in [2.05, 4.69) is 18.7 Å². The molecule has 1 aliphatic carbocycles. The molecule has 88 valence electrons. The maximum atomic E-state index is 5.40. The lowest BCUT2D eigenvalue weighted by Gasteiger charge is -2.12. The quantitative estimate of drug-likeness (QED) is 0.821. The van der Waals surface area contributed by atoms with E-state index in [1.807, 2.05) is 12.1 Å². The summed E-state index contributed by atoms with van der Waals surface area (Å²) in [5.74, 6) is 1.63. The number of nitrogens with zero attached hydrogens (tertiary/aromatic N) is 1. The van der Waals surface area contributed by atoms with Gasteiger partial charge in [-0.25, -0.2) is 4.98 Å². The number of ether oxygens (including phenoxy) is 1. The van der Waals surface area contributed by atoms with Crippen molar-refractivity contribution in [2.45, 2.75) is 25.0 Å². The fourth-order valence-electron chi connectivity index (χ4n) is 2.70. The summed E-state index contributed by atoms with van der Waals surface area (Å²) in [6.45, 7) is 0. The summed E-state index contributed by atoms with van der Waals surface area (Å²) < 4.78 is 5.40. The third-order valence-corrected chi connectivity index (χ3v) is 3.82. The Hall–Kier alpha value is -1.22. The lowest BCUT2D eigenvalue weighted by Crippen LogP contribution is -1.98. The summed E-state index contributed by atoms with van der Waals surface area (Å²) >= 11 is 4.48. The van der Waals surface area contributed by atoms with Crippen molar-refractivity contribution in [3.63, 3.8) is 0 Å². The minimum Gasteiger partial charge on any atom is -0.494 e. The van der Waals surface area contributed by atoms with Crippen molar-refractivity contribution in [3.05, 3.63) is 35.0 Å². The van der Waals surface area contributed by atoms with Gasteiger partial charge >= 0.3 is 0 Å². The molecule has 2 aromatic rings. The van der Waals surface area contributed by atoms with Gasteiger partial charge in [-0.05, 0) is 36.5 Å². The van der Waals surface area contributed by atoms with E-state index >= 15 is 0 Å². The van der Waals surface area contributed by atoms with Crippen molar-refractivity contribution in [1.29, 1.82) is 0 Å². The fraction of sp³-hybridized carbons (Fsp3) is 0.357. The van der Waals surface area contributed by atoms with Crippen molar-refractivity contribution in [2.24, 2.45) is 0 Å². The molecule has 0 spiro atoms. The van der Waals surface area contributed by atoms with Gasteiger partial charge in [0, 0.05) is 16.8 Å². The molecule has 0 radical (unpaired) electrons. The standard InChI is InChI=1S/C14H15NOS/c1-16-13-7-3-5-10-11(8-17)9-4-2-6-12(9)15-14(10)13/h3,5,7,17H,2,4,6,8H2,1H3. The topological polar surface area (TPSA) is 22.1 Å². The summed E-state index contributed by atoms with van der Waals surface area (Å²) in [4.78, 5) is 4.78. The van der Waals surface area contributed by atoms with Crippen LogP contribution in [0.3, 0.4) is 0 Å². The Kier molecular flexibility index (Phi) is 2.71. The molecule has 0 aliphatic heterocycles. The second kappa shape index (κ2) is 4.22. The molecule has 2 nitrogen and oxygen atoms in total. The Morgan fingerprint density at radius 3 is 3.00 bits per heavy atom. The number of aromatic nitrogens is 1. The smallest absolute Gasteiger partial charge is 0.145 e. The maximum Gasteiger partial charge on any atom is 0.145 e. The van der Waals surface area contributed by atoms with Gasteiger partial charge in [0.2, 0.25) is 0 Å². The Morgan fingerprint density at radius 1 is 1.35 bits per heavy atom. The zero-order chi connectivity index (χ0) is 11.8. The van der Waals surface area contributed by atoms with Crippen molar-refractivity contribution in [2.75, 3.05) is 7.11 Å². The van der Waals surface area contributed by atoms with Crippen LogP contribution in [-0.4, -0.2) is 12.1 Å². The highest BCUT2D eigenvalue weighted by Crippen LogP contribution is 2.34. The Labute approximate surface area is 106 Å². The number of para-hydroxylation sites is 1. The third kappa shape index (κ3) is 1.61. The van der Waals surface area contributed by atoms with Gasteiger partial charge in [0.05, 0.1) is 7.11 Å². The Morgan fingerprint density at radius 2 is 2.24 bits per heavy atom. The second-order valence-corrected chi connectivity index (χ2v) is 4.70. The molecule has 0 atom stereocenters. The number of thiol groups is 1. The number of hydrogen-bond acceptors (Lipinski definition) is 3. The van der Waals surface area contributed by atoms with E-state index in [9.17, 15) is 0 Å². The van der Waals surface area contributed by atoms with E-state index in [-0.39, 0.29) is 0 Å². The Bertz CT molecular complexity index is 580. The monoisotopic (exact) mass is 245 g/mol. The average Bonchev–Trinajstić information content (AvgIpc) is 2.82. The minimum atomic E-state index is 0.772. The highest BCUT2D eigenvalue weighted by atomic mass is 32.1. The lowest BCUT2D eigenvalue weighted by molar-refractivity contribution is 0.419. The number of benzene rings is 1. The van der Waals surface area contributed by atoms with Gasteiger partial charge in [-0.2, -0.15) is 12.6 Å². The predicted octanol–water partition coefficient (Wildman–Crippen LogP) is 3.16. The number of methoxy groups -OCH3 is 1. The molecular weight excluding hydrogens is 230 g/mol. The van der Waals surface area contributed by atoms with Crippen molar-refractivity contribution in [3.8, 4) is 5.75 Å². The van der Waals surface area contributed by atoms with Crippen LogP contribution in [0.5, 0.6) is 5.75 Å². The van der Waals surface area contributed by atoms with Crippen LogP contribution in [0.1, 0.15) is 23.2 Å². The minimum absolute atomic E-state index is 0.772. The SMILES string of the molecule is COc1cccc2c(CS)c3c(nc12)CCC3. The first kappa shape index (κ1) is 10.9. The summed E-state index contributed by atoms with van der Waals surface area (Å²) in [5, 5.41) is 1.19. The normalized spacial score (nSPS) is 14.0. The van der Waals surface area contributed by atoms with Gasteiger partial charge in [-0.15, -0.1) is 0 Å². The van der Waals surface area contributed by atoms with E-state index < -0.39 is 0 Å². The van der Waals surface area contributed by atoms with Crippen molar-refractivity contribution in [1.82, 2.24) is 4.98 Å². The molecule has 1 aliphatic rings. The summed E-state index contributed by atoms with van der Waals surface area (Å²) in [6.07, 6.45) is 3.44.